The van der Waals surface area contributed by atoms with Crippen molar-refractivity contribution in [2.24, 2.45) is 18.3 Å². The summed E-state index contributed by atoms with van der Waals surface area (Å²) in [7, 11) is -3.06. The highest BCUT2D eigenvalue weighted by Gasteiger charge is 2.31. The molecule has 0 unspecified atom stereocenters. The molecule has 0 amide bonds. The van der Waals surface area contributed by atoms with Gasteiger partial charge in [0, 0.05) is 7.05 Å². The molecule has 0 radical (unpaired) electrons. The number of hydrogen-bond donors (Lipinski definition) is 0. The minimum absolute atomic E-state index is 0. The van der Waals surface area contributed by atoms with Crippen LogP contribution in [0.15, 0.2) is 18.3 Å². The zero-order chi connectivity index (χ0) is 20.5. The summed E-state index contributed by atoms with van der Waals surface area (Å²) in [6.45, 7) is 20.5. The second-order valence-electron chi connectivity index (χ2n) is 6.97. The quantitative estimate of drug-likeness (QED) is 0.314. The molecule has 0 aliphatic carbocycles. The molecule has 174 valence electrons. The monoisotopic (exact) mass is 474 g/mol. The molecule has 1 aliphatic heterocycles. The second-order valence-corrected chi connectivity index (χ2v) is 22.5. The molecule has 28 heavy (non-hydrogen) atoms. The maximum absolute atomic E-state index is 5.33. The molecule has 0 aromatic rings. The van der Waals surface area contributed by atoms with Crippen LogP contribution >= 0.6 is 28.7 Å². The van der Waals surface area contributed by atoms with E-state index in [0.717, 1.165) is 37.0 Å². The first-order chi connectivity index (χ1) is 12.2. The van der Waals surface area contributed by atoms with Crippen LogP contribution in [0.5, 0.6) is 0 Å². The molecule has 0 N–H and O–H groups in total. The molecule has 0 spiro atoms. The van der Waals surface area contributed by atoms with E-state index in [1.54, 1.807) is 0 Å². The molecule has 0 aromatic heterocycles. The van der Waals surface area contributed by atoms with Crippen molar-refractivity contribution in [3.05, 3.63) is 0 Å². The Hall–Kier alpha value is 0.920. The van der Waals surface area contributed by atoms with Gasteiger partial charge >= 0.3 is 0 Å². The van der Waals surface area contributed by atoms with E-state index in [9.17, 15) is 0 Å². The molecule has 0 saturated carbocycles. The largest absolute Gasteiger partial charge is 0.307 e. The van der Waals surface area contributed by atoms with Crippen LogP contribution < -0.4 is 0 Å². The fourth-order valence-electron chi connectivity index (χ4n) is 2.92. The van der Waals surface area contributed by atoms with Crippen molar-refractivity contribution in [1.29, 1.82) is 0 Å². The Morgan fingerprint density at radius 1 is 0.571 bits per heavy atom. The molecule has 1 rings (SSSR count). The summed E-state index contributed by atoms with van der Waals surface area (Å²) in [6, 6.07) is 0. The molecule has 1 heterocycles. The Balaban J connectivity index is -0.000000537. The molecular weight excluding hydrogens is 420 g/mol. The lowest BCUT2D eigenvalue weighted by Crippen LogP contribution is -1.99. The van der Waals surface area contributed by atoms with Gasteiger partial charge in [-0.3, -0.25) is 0 Å². The van der Waals surface area contributed by atoms with Crippen LogP contribution in [0.2, 0.25) is 0 Å². The average molecular weight is 475 g/mol. The number of nitrogens with zero attached hydrogens (tertiary/aromatic N) is 4. The predicted molar refractivity (Wildman–Crippen MR) is 147 cm³/mol. The molecule has 8 heteroatoms. The van der Waals surface area contributed by atoms with E-state index in [1.807, 2.05) is 7.05 Å². The van der Waals surface area contributed by atoms with Gasteiger partial charge < -0.3 is 4.74 Å². The van der Waals surface area contributed by atoms with Crippen molar-refractivity contribution >= 4 is 28.7 Å². The van der Waals surface area contributed by atoms with Crippen LogP contribution in [-0.4, -0.2) is 63.0 Å². The Morgan fingerprint density at radius 2 is 0.786 bits per heavy atom. The van der Waals surface area contributed by atoms with Gasteiger partial charge in [0.2, 0.25) is 0 Å². The average Bonchev–Trinajstić information content (AvgIpc) is 2.72. The van der Waals surface area contributed by atoms with Gasteiger partial charge in [0.05, 0.1) is 21.6 Å². The van der Waals surface area contributed by atoms with E-state index in [-0.39, 0.29) is 14.9 Å². The third-order valence-electron chi connectivity index (χ3n) is 5.88. The predicted octanol–water partition coefficient (Wildman–Crippen LogP) is 10.2. The molecule has 0 atom stereocenters. The summed E-state index contributed by atoms with van der Waals surface area (Å²) in [5, 5.41) is 0. The summed E-state index contributed by atoms with van der Waals surface area (Å²) in [4.78, 5) is 0. The maximum atomic E-state index is 5.33. The van der Waals surface area contributed by atoms with Gasteiger partial charge in [-0.25, -0.2) is 13.5 Å². The normalized spacial score (nSPS) is 18.5. The Morgan fingerprint density at radius 3 is 0.857 bits per heavy atom. The number of rotatable bonds is 8. The highest BCUT2D eigenvalue weighted by Crippen LogP contribution is 2.77. The van der Waals surface area contributed by atoms with Crippen molar-refractivity contribution in [2.45, 2.75) is 70.2 Å². The standard InChI is InChI=1S/C12H30N3P3.C6H16NP.2CH4/c1-7-16(8-2)13-17(9-3,10-4)15-18(11-5,12-6)14-16;1-5-8(4,6-2)7-3;;/h7-12H2,1-6H3;5-6H2,1-4H3;2*1H4. The minimum Gasteiger partial charge on any atom is -0.307 e. The Labute approximate surface area is 180 Å². The van der Waals surface area contributed by atoms with Crippen LogP contribution in [0, 0.1) is 0 Å². The van der Waals surface area contributed by atoms with E-state index in [2.05, 4.69) is 66.8 Å². The van der Waals surface area contributed by atoms with Crippen LogP contribution in [0.25, 0.3) is 0 Å². The molecule has 4 nitrogen and oxygen atoms in total. The first kappa shape index (κ1) is 33.6. The number of hydrogen-bond acceptors (Lipinski definition) is 4. The summed E-state index contributed by atoms with van der Waals surface area (Å²) in [6.07, 6.45) is 9.46. The SMILES string of the molecule is C.C.CCP(C)(CC)=NC.CCP1(CC)=NP(CC)(CC)=NP(CC)(CC)=N1. The van der Waals surface area contributed by atoms with Crippen molar-refractivity contribution in [3.63, 3.8) is 0 Å². The molecular formula is C20H54N4P4. The van der Waals surface area contributed by atoms with Crippen molar-refractivity contribution in [3.8, 4) is 0 Å². The lowest BCUT2D eigenvalue weighted by atomic mass is 11.0. The third kappa shape index (κ3) is 8.58. The van der Waals surface area contributed by atoms with Gasteiger partial charge in [0.1, 0.15) is 0 Å². The van der Waals surface area contributed by atoms with Gasteiger partial charge in [0.25, 0.3) is 0 Å². The van der Waals surface area contributed by atoms with E-state index in [0.29, 0.717) is 0 Å². The smallest absolute Gasteiger partial charge is 0.0803 e. The van der Waals surface area contributed by atoms with Crippen molar-refractivity contribution in [1.82, 2.24) is 0 Å². The van der Waals surface area contributed by atoms with Crippen LogP contribution in [0.4, 0.5) is 0 Å². The summed E-state index contributed by atoms with van der Waals surface area (Å²) in [5.41, 5.74) is 0. The van der Waals surface area contributed by atoms with Gasteiger partial charge in [0.15, 0.2) is 0 Å². The topological polar surface area (TPSA) is 49.4 Å². The zero-order valence-corrected chi connectivity index (χ0v) is 22.8. The van der Waals surface area contributed by atoms with Crippen LogP contribution in [-0.2, 0) is 0 Å². The Kier molecular flexibility index (Phi) is 17.8. The van der Waals surface area contributed by atoms with Gasteiger partial charge in [-0.2, -0.15) is 0 Å². The molecule has 0 fully saturated rings. The first-order valence-corrected chi connectivity index (χ1v) is 19.2. The van der Waals surface area contributed by atoms with E-state index >= 15 is 0 Å². The molecule has 0 bridgehead atoms. The highest BCUT2D eigenvalue weighted by atomic mass is 31.3. The van der Waals surface area contributed by atoms with E-state index in [1.165, 1.54) is 12.3 Å². The maximum Gasteiger partial charge on any atom is 0.0803 e. The lowest BCUT2D eigenvalue weighted by Gasteiger charge is -2.35. The lowest BCUT2D eigenvalue weighted by molar-refractivity contribution is 1.29. The molecule has 0 aromatic carbocycles. The van der Waals surface area contributed by atoms with Gasteiger partial charge in [-0.05, 0) is 63.0 Å². The van der Waals surface area contributed by atoms with Crippen molar-refractivity contribution in [2.75, 3.05) is 63.0 Å². The first-order valence-electron chi connectivity index (χ1n) is 10.5. The minimum atomic E-state index is -1.41. The third-order valence-corrected chi connectivity index (χ3v) is 23.6. The molecule has 1 aliphatic rings. The molecule has 0 saturated heterocycles. The fraction of sp³-hybridized carbons (Fsp3) is 1.00. The van der Waals surface area contributed by atoms with E-state index < -0.39 is 28.7 Å². The Bertz CT molecular complexity index is 535. The summed E-state index contributed by atoms with van der Waals surface area (Å²) < 4.78 is 20.3. The second kappa shape index (κ2) is 14.8. The zero-order valence-electron chi connectivity index (χ0n) is 19.2. The summed E-state index contributed by atoms with van der Waals surface area (Å²) >= 11 is 0. The van der Waals surface area contributed by atoms with Crippen molar-refractivity contribution < 1.29 is 0 Å². The fourth-order valence-corrected chi connectivity index (χ4v) is 20.2. The highest BCUT2D eigenvalue weighted by molar-refractivity contribution is 7.87. The van der Waals surface area contributed by atoms with Crippen LogP contribution in [0.1, 0.15) is 70.2 Å². The van der Waals surface area contributed by atoms with Crippen LogP contribution in [0.3, 0.4) is 0 Å². The van der Waals surface area contributed by atoms with Gasteiger partial charge in [-0.15, -0.1) is 0 Å². The van der Waals surface area contributed by atoms with E-state index in [4.69, 9.17) is 13.5 Å². The van der Waals surface area contributed by atoms with Gasteiger partial charge in [-0.1, -0.05) is 70.2 Å². The summed E-state index contributed by atoms with van der Waals surface area (Å²) in [5.74, 6) is 0.